The minimum atomic E-state index is -0.667. The van der Waals surface area contributed by atoms with E-state index in [0.29, 0.717) is 11.4 Å². The molecular formula is C12H11N3O2. The van der Waals surface area contributed by atoms with E-state index >= 15 is 0 Å². The van der Waals surface area contributed by atoms with Crippen molar-refractivity contribution in [1.82, 2.24) is 4.98 Å². The van der Waals surface area contributed by atoms with Crippen molar-refractivity contribution in [3.8, 4) is 11.3 Å². The molecule has 0 aliphatic carbocycles. The summed E-state index contributed by atoms with van der Waals surface area (Å²) in [5, 5.41) is 0. The molecule has 5 nitrogen and oxygen atoms in total. The Balaban J connectivity index is 2.55. The van der Waals surface area contributed by atoms with Crippen LogP contribution in [0, 0.1) is 0 Å². The van der Waals surface area contributed by atoms with Gasteiger partial charge in [0.2, 0.25) is 0 Å². The zero-order valence-corrected chi connectivity index (χ0v) is 8.94. The Hall–Kier alpha value is -2.56. The molecule has 5 heteroatoms. The summed E-state index contributed by atoms with van der Waals surface area (Å²) in [4.78, 5) is 25.2. The fraction of sp³-hybridized carbons (Fsp3) is 0. The fourth-order valence-electron chi connectivity index (χ4n) is 1.49. The average molecular weight is 229 g/mol. The minimum Gasteiger partial charge on any atom is -0.399 e. The molecule has 0 atom stereocenters. The Labute approximate surface area is 97.1 Å². The smallest absolute Gasteiger partial charge is 0.265 e. The normalized spacial score (nSPS) is 10.1. The summed E-state index contributed by atoms with van der Waals surface area (Å²) >= 11 is 0. The maximum absolute atomic E-state index is 11.4. The lowest BCUT2D eigenvalue weighted by atomic mass is 10.1. The van der Waals surface area contributed by atoms with Crippen LogP contribution >= 0.6 is 0 Å². The summed E-state index contributed by atoms with van der Waals surface area (Å²) in [6.45, 7) is 0. The summed E-state index contributed by atoms with van der Waals surface area (Å²) in [7, 11) is 0. The van der Waals surface area contributed by atoms with Gasteiger partial charge in [-0.2, -0.15) is 0 Å². The van der Waals surface area contributed by atoms with Crippen molar-refractivity contribution in [2.45, 2.75) is 0 Å². The van der Waals surface area contributed by atoms with E-state index in [1.807, 2.05) is 0 Å². The van der Waals surface area contributed by atoms with E-state index in [-0.39, 0.29) is 11.1 Å². The number of nitrogens with two attached hydrogens (primary N) is 2. The number of hydrogen-bond donors (Lipinski definition) is 3. The highest BCUT2D eigenvalue weighted by atomic mass is 16.1. The van der Waals surface area contributed by atoms with Crippen LogP contribution in [0.25, 0.3) is 11.3 Å². The quantitative estimate of drug-likeness (QED) is 0.661. The van der Waals surface area contributed by atoms with Crippen LogP contribution < -0.4 is 16.9 Å². The van der Waals surface area contributed by atoms with E-state index in [0.717, 1.165) is 5.56 Å². The Morgan fingerprint density at radius 1 is 1.12 bits per heavy atom. The molecule has 0 bridgehead atoms. The molecule has 1 heterocycles. The van der Waals surface area contributed by atoms with Crippen LogP contribution in [0.15, 0.2) is 41.2 Å². The Bertz CT molecular complexity index is 614. The summed E-state index contributed by atoms with van der Waals surface area (Å²) < 4.78 is 0. The molecule has 0 spiro atoms. The van der Waals surface area contributed by atoms with Gasteiger partial charge in [0.25, 0.3) is 5.91 Å². The molecule has 2 aromatic rings. The van der Waals surface area contributed by atoms with Gasteiger partial charge in [-0.15, -0.1) is 0 Å². The highest BCUT2D eigenvalue weighted by molar-refractivity contribution is 5.91. The monoisotopic (exact) mass is 229 g/mol. The van der Waals surface area contributed by atoms with Crippen molar-refractivity contribution in [3.05, 3.63) is 52.3 Å². The molecule has 5 N–H and O–H groups in total. The summed E-state index contributed by atoms with van der Waals surface area (Å²) in [5.74, 6) is -0.667. The number of primary amides is 1. The Morgan fingerprint density at radius 3 is 2.35 bits per heavy atom. The standard InChI is InChI=1S/C12H11N3O2/c13-8-3-1-7(2-4-8)10-5-9(16)6-11(15-10)12(14)17/h1-6H,13H2,(H2,14,17)(H,15,16). The highest BCUT2D eigenvalue weighted by Crippen LogP contribution is 2.17. The van der Waals surface area contributed by atoms with E-state index in [4.69, 9.17) is 11.5 Å². The van der Waals surface area contributed by atoms with Gasteiger partial charge in [-0.25, -0.2) is 0 Å². The lowest BCUT2D eigenvalue weighted by Crippen LogP contribution is -2.16. The molecule has 0 unspecified atom stereocenters. The third kappa shape index (κ3) is 2.34. The average Bonchev–Trinajstić information content (AvgIpc) is 2.29. The third-order valence-electron chi connectivity index (χ3n) is 2.33. The first-order chi connectivity index (χ1) is 8.06. The number of nitrogens with one attached hydrogen (secondary N) is 1. The van der Waals surface area contributed by atoms with E-state index in [1.165, 1.54) is 12.1 Å². The molecule has 0 saturated heterocycles. The summed E-state index contributed by atoms with van der Waals surface area (Å²) in [6, 6.07) is 9.51. The molecule has 1 aromatic heterocycles. The van der Waals surface area contributed by atoms with Crippen LogP contribution in [0.2, 0.25) is 0 Å². The number of benzene rings is 1. The predicted molar refractivity (Wildman–Crippen MR) is 65.4 cm³/mol. The number of nitrogen functional groups attached to an aromatic ring is 1. The van der Waals surface area contributed by atoms with E-state index in [1.54, 1.807) is 24.3 Å². The number of H-pyrrole nitrogens is 1. The first-order valence-corrected chi connectivity index (χ1v) is 4.96. The van der Waals surface area contributed by atoms with Crippen molar-refractivity contribution in [2.24, 2.45) is 5.73 Å². The molecule has 86 valence electrons. The molecule has 1 aromatic carbocycles. The van der Waals surface area contributed by atoms with Crippen molar-refractivity contribution < 1.29 is 4.79 Å². The fourth-order valence-corrected chi connectivity index (χ4v) is 1.49. The number of anilines is 1. The lowest BCUT2D eigenvalue weighted by molar-refractivity contribution is 0.0995. The molecule has 0 saturated carbocycles. The molecule has 0 aliphatic rings. The van der Waals surface area contributed by atoms with Crippen molar-refractivity contribution in [2.75, 3.05) is 5.73 Å². The second-order valence-corrected chi connectivity index (χ2v) is 3.63. The van der Waals surface area contributed by atoms with E-state index in [9.17, 15) is 9.59 Å². The lowest BCUT2D eigenvalue weighted by Gasteiger charge is -2.04. The topological polar surface area (TPSA) is 102 Å². The second kappa shape index (κ2) is 4.13. The predicted octanol–water partition coefficient (Wildman–Crippen LogP) is 0.723. The first-order valence-electron chi connectivity index (χ1n) is 4.96. The van der Waals surface area contributed by atoms with Gasteiger partial charge in [0, 0.05) is 23.5 Å². The van der Waals surface area contributed by atoms with Crippen molar-refractivity contribution >= 4 is 11.6 Å². The number of carbonyl (C=O) groups is 1. The number of rotatable bonds is 2. The maximum Gasteiger partial charge on any atom is 0.265 e. The Morgan fingerprint density at radius 2 is 1.76 bits per heavy atom. The molecule has 2 rings (SSSR count). The zero-order chi connectivity index (χ0) is 12.4. The van der Waals surface area contributed by atoms with Gasteiger partial charge < -0.3 is 16.5 Å². The van der Waals surface area contributed by atoms with Crippen LogP contribution in [0.3, 0.4) is 0 Å². The van der Waals surface area contributed by atoms with Crippen LogP contribution in [0.4, 0.5) is 5.69 Å². The van der Waals surface area contributed by atoms with Gasteiger partial charge in [-0.3, -0.25) is 9.59 Å². The number of aromatic nitrogens is 1. The van der Waals surface area contributed by atoms with Gasteiger partial charge >= 0.3 is 0 Å². The van der Waals surface area contributed by atoms with Gasteiger partial charge in [0.15, 0.2) is 5.43 Å². The van der Waals surface area contributed by atoms with Gasteiger partial charge in [-0.05, 0) is 17.7 Å². The number of hydrogen-bond acceptors (Lipinski definition) is 3. The second-order valence-electron chi connectivity index (χ2n) is 3.63. The largest absolute Gasteiger partial charge is 0.399 e. The maximum atomic E-state index is 11.4. The molecule has 0 fully saturated rings. The van der Waals surface area contributed by atoms with Gasteiger partial charge in [0.1, 0.15) is 5.69 Å². The molecule has 17 heavy (non-hydrogen) atoms. The number of pyridine rings is 1. The van der Waals surface area contributed by atoms with Crippen LogP contribution in [-0.4, -0.2) is 10.9 Å². The molecule has 0 radical (unpaired) electrons. The van der Waals surface area contributed by atoms with E-state index in [2.05, 4.69) is 4.98 Å². The van der Waals surface area contributed by atoms with Gasteiger partial charge in [-0.1, -0.05) is 12.1 Å². The molecule has 1 amide bonds. The van der Waals surface area contributed by atoms with Gasteiger partial charge in [0.05, 0.1) is 0 Å². The van der Waals surface area contributed by atoms with Crippen LogP contribution in [0.5, 0.6) is 0 Å². The third-order valence-corrected chi connectivity index (χ3v) is 2.33. The van der Waals surface area contributed by atoms with Crippen LogP contribution in [-0.2, 0) is 0 Å². The SMILES string of the molecule is NC(=O)c1cc(=O)cc(-c2ccc(N)cc2)[nH]1. The first kappa shape index (κ1) is 10.9. The summed E-state index contributed by atoms with van der Waals surface area (Å²) in [6.07, 6.45) is 0. The van der Waals surface area contributed by atoms with Crippen molar-refractivity contribution in [3.63, 3.8) is 0 Å². The summed E-state index contributed by atoms with van der Waals surface area (Å²) in [5.41, 5.74) is 12.4. The molecular weight excluding hydrogens is 218 g/mol. The number of carbonyl (C=O) groups excluding carboxylic acids is 1. The number of aromatic amines is 1. The minimum absolute atomic E-state index is 0.0873. The van der Waals surface area contributed by atoms with E-state index < -0.39 is 5.91 Å². The highest BCUT2D eigenvalue weighted by Gasteiger charge is 2.05. The van der Waals surface area contributed by atoms with Crippen LogP contribution in [0.1, 0.15) is 10.5 Å². The molecule has 0 aliphatic heterocycles. The zero-order valence-electron chi connectivity index (χ0n) is 8.94. The van der Waals surface area contributed by atoms with Crippen molar-refractivity contribution in [1.29, 1.82) is 0 Å². The Kier molecular flexibility index (Phi) is 2.66. The number of amides is 1.